The average molecular weight is 426 g/mol. The second kappa shape index (κ2) is 8.90. The van der Waals surface area contributed by atoms with Gasteiger partial charge in [0.25, 0.3) is 0 Å². The van der Waals surface area contributed by atoms with Gasteiger partial charge in [-0.15, -0.1) is 24.0 Å². The molecular formula is C17H23IN4O. The quantitative estimate of drug-likeness (QED) is 0.422. The molecule has 0 aliphatic heterocycles. The Morgan fingerprint density at radius 2 is 2.04 bits per heavy atom. The lowest BCUT2D eigenvalue weighted by Gasteiger charge is -2.09. The number of guanidine groups is 1. The highest BCUT2D eigenvalue weighted by Crippen LogP contribution is 2.27. The molecule has 3 rings (SSSR count). The Balaban J connectivity index is 0.00000192. The van der Waals surface area contributed by atoms with Crippen molar-refractivity contribution in [3.8, 4) is 11.3 Å². The number of hydrogen-bond acceptors (Lipinski definition) is 3. The Morgan fingerprint density at radius 3 is 2.74 bits per heavy atom. The predicted octanol–water partition coefficient (Wildman–Crippen LogP) is 3.42. The van der Waals surface area contributed by atoms with Gasteiger partial charge in [-0.2, -0.15) is 0 Å². The first-order valence-corrected chi connectivity index (χ1v) is 7.88. The zero-order valence-electron chi connectivity index (χ0n) is 13.3. The molecule has 2 aromatic rings. The summed E-state index contributed by atoms with van der Waals surface area (Å²) in [6.45, 7) is 4.43. The summed E-state index contributed by atoms with van der Waals surface area (Å²) in [5, 5.41) is 10.7. The number of nitrogens with one attached hydrogen (secondary N) is 2. The van der Waals surface area contributed by atoms with Crippen molar-refractivity contribution in [2.24, 2.45) is 10.9 Å². The summed E-state index contributed by atoms with van der Waals surface area (Å²) in [6.07, 6.45) is 2.66. The van der Waals surface area contributed by atoms with E-state index in [4.69, 9.17) is 4.52 Å². The molecule has 2 N–H and O–H groups in total. The Kier molecular flexibility index (Phi) is 6.88. The van der Waals surface area contributed by atoms with E-state index < -0.39 is 0 Å². The van der Waals surface area contributed by atoms with Gasteiger partial charge in [0.05, 0.1) is 6.54 Å². The molecule has 0 atom stereocenters. The van der Waals surface area contributed by atoms with Gasteiger partial charge < -0.3 is 15.2 Å². The fourth-order valence-corrected chi connectivity index (χ4v) is 2.19. The van der Waals surface area contributed by atoms with Crippen LogP contribution in [-0.2, 0) is 6.54 Å². The van der Waals surface area contributed by atoms with Gasteiger partial charge in [-0.1, -0.05) is 35.5 Å². The molecule has 124 valence electrons. The number of aromatic nitrogens is 1. The van der Waals surface area contributed by atoms with Crippen molar-refractivity contribution in [2.45, 2.75) is 26.3 Å². The maximum atomic E-state index is 5.39. The van der Waals surface area contributed by atoms with E-state index in [-0.39, 0.29) is 24.0 Å². The normalized spacial score (nSPS) is 14.2. The Morgan fingerprint density at radius 1 is 1.26 bits per heavy atom. The lowest BCUT2D eigenvalue weighted by atomic mass is 10.2. The average Bonchev–Trinajstić information content (AvgIpc) is 3.27. The minimum absolute atomic E-state index is 0. The summed E-state index contributed by atoms with van der Waals surface area (Å²) < 4.78 is 5.39. The van der Waals surface area contributed by atoms with Crippen LogP contribution in [0.1, 0.15) is 25.5 Å². The Hall–Kier alpha value is -1.57. The van der Waals surface area contributed by atoms with E-state index in [2.05, 4.69) is 27.7 Å². The highest BCUT2D eigenvalue weighted by molar-refractivity contribution is 14.0. The molecular weight excluding hydrogens is 403 g/mol. The summed E-state index contributed by atoms with van der Waals surface area (Å²) >= 11 is 0. The second-order valence-electron chi connectivity index (χ2n) is 5.57. The number of benzene rings is 1. The molecule has 23 heavy (non-hydrogen) atoms. The maximum absolute atomic E-state index is 5.39. The van der Waals surface area contributed by atoms with Crippen molar-refractivity contribution >= 4 is 29.9 Å². The largest absolute Gasteiger partial charge is 0.357 e. The van der Waals surface area contributed by atoms with Crippen molar-refractivity contribution in [1.82, 2.24) is 15.8 Å². The summed E-state index contributed by atoms with van der Waals surface area (Å²) in [5.74, 6) is 2.45. The second-order valence-corrected chi connectivity index (χ2v) is 5.57. The molecule has 0 saturated heterocycles. The van der Waals surface area contributed by atoms with Crippen LogP contribution in [0.2, 0.25) is 0 Å². The first kappa shape index (κ1) is 17.8. The molecule has 0 bridgehead atoms. The van der Waals surface area contributed by atoms with Crippen LogP contribution in [-0.4, -0.2) is 24.2 Å². The van der Waals surface area contributed by atoms with Crippen molar-refractivity contribution in [2.75, 3.05) is 13.1 Å². The molecule has 1 aliphatic carbocycles. The van der Waals surface area contributed by atoms with Gasteiger partial charge in [0, 0.05) is 24.7 Å². The summed E-state index contributed by atoms with van der Waals surface area (Å²) in [6, 6.07) is 11.9. The number of rotatable bonds is 6. The molecule has 1 saturated carbocycles. The standard InChI is InChI=1S/C17H22N4O.HI/c1-2-18-17(19-11-13-8-9-13)20-12-15-10-16(22-21-15)14-6-4-3-5-7-14;/h3-7,10,13H,2,8-9,11-12H2,1H3,(H2,18,19,20);1H. The van der Waals surface area contributed by atoms with E-state index in [1.165, 1.54) is 12.8 Å². The minimum atomic E-state index is 0. The van der Waals surface area contributed by atoms with Crippen molar-refractivity contribution < 1.29 is 4.52 Å². The molecule has 1 aliphatic rings. The first-order valence-electron chi connectivity index (χ1n) is 7.88. The molecule has 1 aromatic heterocycles. The van der Waals surface area contributed by atoms with Crippen LogP contribution < -0.4 is 10.6 Å². The smallest absolute Gasteiger partial charge is 0.191 e. The first-order chi connectivity index (χ1) is 10.8. The van der Waals surface area contributed by atoms with E-state index in [0.29, 0.717) is 6.54 Å². The highest BCUT2D eigenvalue weighted by Gasteiger charge is 2.21. The van der Waals surface area contributed by atoms with E-state index >= 15 is 0 Å². The molecule has 6 heteroatoms. The van der Waals surface area contributed by atoms with Gasteiger partial charge in [0.15, 0.2) is 11.7 Å². The maximum Gasteiger partial charge on any atom is 0.191 e. The third kappa shape index (κ3) is 5.53. The third-order valence-electron chi connectivity index (χ3n) is 3.62. The van der Waals surface area contributed by atoms with E-state index in [9.17, 15) is 0 Å². The fraction of sp³-hybridized carbons (Fsp3) is 0.412. The number of hydrogen-bond donors (Lipinski definition) is 2. The van der Waals surface area contributed by atoms with Gasteiger partial charge in [-0.25, -0.2) is 4.99 Å². The van der Waals surface area contributed by atoms with Crippen molar-refractivity contribution in [1.29, 1.82) is 0 Å². The molecule has 5 nitrogen and oxygen atoms in total. The Labute approximate surface area is 154 Å². The summed E-state index contributed by atoms with van der Waals surface area (Å²) in [4.78, 5) is 4.56. The van der Waals surface area contributed by atoms with Crippen molar-refractivity contribution in [3.63, 3.8) is 0 Å². The lowest BCUT2D eigenvalue weighted by Crippen LogP contribution is -2.38. The van der Waals surface area contributed by atoms with Gasteiger partial charge in [-0.3, -0.25) is 0 Å². The topological polar surface area (TPSA) is 62.5 Å². The molecule has 0 amide bonds. The van der Waals surface area contributed by atoms with Crippen LogP contribution in [0.4, 0.5) is 0 Å². The predicted molar refractivity (Wildman–Crippen MR) is 103 cm³/mol. The van der Waals surface area contributed by atoms with Gasteiger partial charge in [-0.05, 0) is 25.7 Å². The van der Waals surface area contributed by atoms with Crippen LogP contribution in [0.15, 0.2) is 45.9 Å². The molecule has 0 radical (unpaired) electrons. The number of aliphatic imine (C=N–C) groups is 1. The van der Waals surface area contributed by atoms with E-state index in [0.717, 1.165) is 42.0 Å². The van der Waals surface area contributed by atoms with Crippen LogP contribution >= 0.6 is 24.0 Å². The Bertz CT molecular complexity index is 623. The fourth-order valence-electron chi connectivity index (χ4n) is 2.19. The summed E-state index contributed by atoms with van der Waals surface area (Å²) in [7, 11) is 0. The molecule has 0 spiro atoms. The molecule has 1 aromatic carbocycles. The van der Waals surface area contributed by atoms with Gasteiger partial charge >= 0.3 is 0 Å². The molecule has 0 unspecified atom stereocenters. The van der Waals surface area contributed by atoms with Gasteiger partial charge in [0.1, 0.15) is 5.69 Å². The molecule has 1 heterocycles. The third-order valence-corrected chi connectivity index (χ3v) is 3.62. The SMILES string of the molecule is CCNC(=NCc1cc(-c2ccccc2)on1)NCC1CC1.I. The van der Waals surface area contributed by atoms with Crippen molar-refractivity contribution in [3.05, 3.63) is 42.1 Å². The van der Waals surface area contributed by atoms with E-state index in [1.807, 2.05) is 36.4 Å². The zero-order valence-corrected chi connectivity index (χ0v) is 15.6. The lowest BCUT2D eigenvalue weighted by molar-refractivity contribution is 0.424. The highest BCUT2D eigenvalue weighted by atomic mass is 127. The molecule has 1 fully saturated rings. The van der Waals surface area contributed by atoms with Crippen LogP contribution in [0.25, 0.3) is 11.3 Å². The zero-order chi connectivity index (χ0) is 15.2. The summed E-state index contributed by atoms with van der Waals surface area (Å²) in [5.41, 5.74) is 1.87. The number of nitrogens with zero attached hydrogens (tertiary/aromatic N) is 2. The monoisotopic (exact) mass is 426 g/mol. The van der Waals surface area contributed by atoms with Crippen LogP contribution in [0, 0.1) is 5.92 Å². The van der Waals surface area contributed by atoms with E-state index in [1.54, 1.807) is 0 Å². The minimum Gasteiger partial charge on any atom is -0.357 e. The number of halogens is 1. The van der Waals surface area contributed by atoms with Crippen LogP contribution in [0.5, 0.6) is 0 Å². The van der Waals surface area contributed by atoms with Crippen LogP contribution in [0.3, 0.4) is 0 Å². The van der Waals surface area contributed by atoms with Gasteiger partial charge in [0.2, 0.25) is 0 Å².